The average Bonchev–Trinajstić information content (AvgIpc) is 3.26. The van der Waals surface area contributed by atoms with E-state index in [0.717, 1.165) is 32.4 Å². The van der Waals surface area contributed by atoms with Crippen molar-refractivity contribution in [3.8, 4) is 0 Å². The Hall–Kier alpha value is -1.47. The smallest absolute Gasteiger partial charge is 0.246 e. The van der Waals surface area contributed by atoms with Crippen LogP contribution >= 0.6 is 0 Å². The lowest BCUT2D eigenvalue weighted by Gasteiger charge is -2.39. The van der Waals surface area contributed by atoms with Gasteiger partial charge in [-0.15, -0.1) is 0 Å². The summed E-state index contributed by atoms with van der Waals surface area (Å²) in [5.41, 5.74) is -0.247. The lowest BCUT2D eigenvalue weighted by molar-refractivity contribution is -0.144. The normalized spacial score (nSPS) is 26.7. The zero-order valence-corrected chi connectivity index (χ0v) is 16.5. The van der Waals surface area contributed by atoms with Crippen LogP contribution in [0.4, 0.5) is 0 Å². The zero-order chi connectivity index (χ0) is 18.7. The van der Waals surface area contributed by atoms with Crippen molar-refractivity contribution in [1.82, 2.24) is 20.4 Å². The third-order valence-corrected chi connectivity index (χ3v) is 5.71. The molecule has 146 valence electrons. The quantitative estimate of drug-likeness (QED) is 0.801. The molecule has 3 atom stereocenters. The van der Waals surface area contributed by atoms with Crippen LogP contribution in [0.15, 0.2) is 4.52 Å². The molecule has 1 N–H and O–H groups in total. The number of rotatable bonds is 7. The summed E-state index contributed by atoms with van der Waals surface area (Å²) >= 11 is 0. The van der Waals surface area contributed by atoms with Crippen molar-refractivity contribution in [2.24, 2.45) is 17.3 Å². The number of fused-ring (bicyclic) bond motifs is 1. The number of carbonyl (C=O) groups is 1. The monoisotopic (exact) mass is 364 g/mol. The van der Waals surface area contributed by atoms with Gasteiger partial charge in [0.15, 0.2) is 5.82 Å². The second-order valence-electron chi connectivity index (χ2n) is 8.31. The first-order valence-electron chi connectivity index (χ1n) is 9.82. The Labute approximate surface area is 155 Å². The van der Waals surface area contributed by atoms with Gasteiger partial charge < -0.3 is 19.5 Å². The third-order valence-electron chi connectivity index (χ3n) is 5.71. The minimum Gasteiger partial charge on any atom is -0.370 e. The molecule has 0 radical (unpaired) electrons. The molecule has 1 aromatic rings. The van der Waals surface area contributed by atoms with Crippen molar-refractivity contribution < 1.29 is 14.1 Å². The highest BCUT2D eigenvalue weighted by atomic mass is 16.5. The van der Waals surface area contributed by atoms with Gasteiger partial charge in [0.1, 0.15) is 6.10 Å². The minimum absolute atomic E-state index is 0.205. The number of carbonyl (C=O) groups excluding carboxylic acids is 1. The molecule has 1 saturated carbocycles. The molecule has 2 heterocycles. The molecule has 0 bridgehead atoms. The molecule has 1 aliphatic heterocycles. The third kappa shape index (κ3) is 3.93. The molecule has 1 aromatic heterocycles. The van der Waals surface area contributed by atoms with Gasteiger partial charge in [0.25, 0.3) is 0 Å². The molecule has 3 rings (SSSR count). The minimum atomic E-state index is -0.247. The van der Waals surface area contributed by atoms with E-state index in [-0.39, 0.29) is 17.4 Å². The van der Waals surface area contributed by atoms with Crippen molar-refractivity contribution in [3.63, 3.8) is 0 Å². The summed E-state index contributed by atoms with van der Waals surface area (Å²) in [6, 6.07) is 0. The van der Waals surface area contributed by atoms with E-state index in [2.05, 4.69) is 29.3 Å². The van der Waals surface area contributed by atoms with Crippen molar-refractivity contribution in [3.05, 3.63) is 11.7 Å². The maximum absolute atomic E-state index is 13.2. The molecule has 1 aliphatic carbocycles. The second kappa shape index (κ2) is 8.05. The zero-order valence-electron chi connectivity index (χ0n) is 16.5. The van der Waals surface area contributed by atoms with E-state index in [1.54, 1.807) is 4.90 Å². The molecule has 7 heteroatoms. The topological polar surface area (TPSA) is 80.5 Å². The lowest BCUT2D eigenvalue weighted by atomic mass is 9.67. The molecular formula is C19H32N4O3. The summed E-state index contributed by atoms with van der Waals surface area (Å²) in [6.07, 6.45) is 4.26. The first-order chi connectivity index (χ1) is 12.4. The highest BCUT2D eigenvalue weighted by Crippen LogP contribution is 2.45. The van der Waals surface area contributed by atoms with Crippen LogP contribution in [0.1, 0.15) is 64.3 Å². The Balaban J connectivity index is 1.61. The molecule has 26 heavy (non-hydrogen) atoms. The fourth-order valence-corrected chi connectivity index (χ4v) is 4.23. The van der Waals surface area contributed by atoms with Crippen LogP contribution in [0, 0.1) is 17.3 Å². The first kappa shape index (κ1) is 19.3. The predicted octanol–water partition coefficient (Wildman–Crippen LogP) is 2.54. The first-order valence-corrected chi connectivity index (χ1v) is 9.82. The summed E-state index contributed by atoms with van der Waals surface area (Å²) in [5, 5.41) is 7.45. The van der Waals surface area contributed by atoms with E-state index in [1.165, 1.54) is 6.42 Å². The van der Waals surface area contributed by atoms with Crippen molar-refractivity contribution in [2.75, 3.05) is 26.7 Å². The molecule has 0 spiro atoms. The van der Waals surface area contributed by atoms with Gasteiger partial charge in [0, 0.05) is 20.2 Å². The molecule has 2 aliphatic rings. The molecule has 1 saturated heterocycles. The highest BCUT2D eigenvalue weighted by molar-refractivity contribution is 5.83. The average molecular weight is 364 g/mol. The van der Waals surface area contributed by atoms with Gasteiger partial charge in [0.05, 0.1) is 12.0 Å². The maximum atomic E-state index is 13.2. The van der Waals surface area contributed by atoms with Crippen LogP contribution in [0.3, 0.4) is 0 Å². The molecule has 1 unspecified atom stereocenters. The molecule has 2 fully saturated rings. The largest absolute Gasteiger partial charge is 0.370 e. The van der Waals surface area contributed by atoms with Gasteiger partial charge >= 0.3 is 0 Å². The Morgan fingerprint density at radius 3 is 3.00 bits per heavy atom. The van der Waals surface area contributed by atoms with Crippen molar-refractivity contribution >= 4 is 5.91 Å². The van der Waals surface area contributed by atoms with Gasteiger partial charge in [-0.05, 0) is 38.1 Å². The molecule has 0 aromatic carbocycles. The number of amides is 1. The van der Waals surface area contributed by atoms with E-state index >= 15 is 0 Å². The Kier molecular flexibility index (Phi) is 5.97. The van der Waals surface area contributed by atoms with Gasteiger partial charge in [-0.25, -0.2) is 0 Å². The number of aromatic nitrogens is 2. The van der Waals surface area contributed by atoms with Crippen LogP contribution in [0.25, 0.3) is 0 Å². The standard InChI is InChI=1S/C19H32N4O3/c1-13(2)11-25-14(3)17-21-16(26-22-17)10-23(4)18(24)19-8-6-5-7-15(19)9-20-12-19/h13-15,20H,5-12H2,1-4H3/t14?,15-,19+/m0/s1. The summed E-state index contributed by atoms with van der Waals surface area (Å²) in [5.74, 6) is 2.11. The summed E-state index contributed by atoms with van der Waals surface area (Å²) in [7, 11) is 1.84. The van der Waals surface area contributed by atoms with E-state index in [0.29, 0.717) is 36.7 Å². The van der Waals surface area contributed by atoms with Crippen LogP contribution in [0.2, 0.25) is 0 Å². The van der Waals surface area contributed by atoms with Gasteiger partial charge in [0.2, 0.25) is 11.8 Å². The fourth-order valence-electron chi connectivity index (χ4n) is 4.23. The van der Waals surface area contributed by atoms with E-state index in [1.807, 2.05) is 14.0 Å². The summed E-state index contributed by atoms with van der Waals surface area (Å²) in [6.45, 7) is 8.86. The van der Waals surface area contributed by atoms with Crippen LogP contribution in [-0.4, -0.2) is 47.7 Å². The lowest BCUT2D eigenvalue weighted by Crippen LogP contribution is -2.48. The van der Waals surface area contributed by atoms with Gasteiger partial charge in [-0.2, -0.15) is 4.98 Å². The number of hydrogen-bond acceptors (Lipinski definition) is 6. The second-order valence-corrected chi connectivity index (χ2v) is 8.31. The fraction of sp³-hybridized carbons (Fsp3) is 0.842. The van der Waals surface area contributed by atoms with Crippen LogP contribution in [-0.2, 0) is 16.1 Å². The van der Waals surface area contributed by atoms with E-state index in [4.69, 9.17) is 9.26 Å². The molecule has 7 nitrogen and oxygen atoms in total. The van der Waals surface area contributed by atoms with Crippen molar-refractivity contribution in [1.29, 1.82) is 0 Å². The maximum Gasteiger partial charge on any atom is 0.246 e. The predicted molar refractivity (Wildman–Crippen MR) is 97.2 cm³/mol. The highest BCUT2D eigenvalue weighted by Gasteiger charge is 2.51. The number of ether oxygens (including phenoxy) is 1. The van der Waals surface area contributed by atoms with Crippen LogP contribution < -0.4 is 5.32 Å². The van der Waals surface area contributed by atoms with Crippen molar-refractivity contribution in [2.45, 2.75) is 59.1 Å². The molecule has 1 amide bonds. The Bertz CT molecular complexity index is 618. The van der Waals surface area contributed by atoms with E-state index < -0.39 is 0 Å². The van der Waals surface area contributed by atoms with Gasteiger partial charge in [-0.1, -0.05) is 31.8 Å². The number of nitrogens with one attached hydrogen (secondary N) is 1. The number of hydrogen-bond donors (Lipinski definition) is 1. The summed E-state index contributed by atoms with van der Waals surface area (Å²) < 4.78 is 11.1. The van der Waals surface area contributed by atoms with E-state index in [9.17, 15) is 4.79 Å². The van der Waals surface area contributed by atoms with Gasteiger partial charge in [-0.3, -0.25) is 4.79 Å². The molecular weight excluding hydrogens is 332 g/mol. The van der Waals surface area contributed by atoms with Crippen LogP contribution in [0.5, 0.6) is 0 Å². The SMILES string of the molecule is CC(C)COC(C)c1noc(CN(C)C(=O)[C@@]23CCCC[C@H]2CNC3)n1. The Morgan fingerprint density at radius 1 is 1.42 bits per heavy atom. The number of nitrogens with zero attached hydrogens (tertiary/aromatic N) is 3. The summed E-state index contributed by atoms with van der Waals surface area (Å²) in [4.78, 5) is 19.4. The Morgan fingerprint density at radius 2 is 2.23 bits per heavy atom.